The summed E-state index contributed by atoms with van der Waals surface area (Å²) in [6, 6.07) is 13.0. The third kappa shape index (κ3) is 2.93. The number of benzene rings is 2. The minimum absolute atomic E-state index is 0.489. The molecule has 0 aliphatic carbocycles. The molecule has 1 aromatic heterocycles. The van der Waals surface area contributed by atoms with E-state index in [0.29, 0.717) is 5.92 Å². The minimum Gasteiger partial charge on any atom is -0.399 e. The van der Waals surface area contributed by atoms with Crippen molar-refractivity contribution >= 4 is 37.2 Å². The van der Waals surface area contributed by atoms with Gasteiger partial charge in [0.1, 0.15) is 0 Å². The maximum absolute atomic E-state index is 5.95. The molecule has 0 radical (unpaired) electrons. The lowest BCUT2D eigenvalue weighted by atomic mass is 9.95. The van der Waals surface area contributed by atoms with E-state index in [0.717, 1.165) is 18.5 Å². The van der Waals surface area contributed by atoms with Gasteiger partial charge in [-0.1, -0.05) is 24.3 Å². The van der Waals surface area contributed by atoms with Crippen LogP contribution in [0.4, 0.5) is 5.69 Å². The van der Waals surface area contributed by atoms with Crippen LogP contribution < -0.4 is 5.73 Å². The molecule has 2 aromatic carbocycles. The summed E-state index contributed by atoms with van der Waals surface area (Å²) in [5.41, 5.74) is 8.15. The molecule has 0 spiro atoms. The summed E-state index contributed by atoms with van der Waals surface area (Å²) in [7, 11) is 0. The highest BCUT2D eigenvalue weighted by molar-refractivity contribution is 7.25. The van der Waals surface area contributed by atoms with Gasteiger partial charge in [0, 0.05) is 25.9 Å². The molecule has 1 atom stereocenters. The Hall–Kier alpha value is -2.06. The van der Waals surface area contributed by atoms with Gasteiger partial charge in [-0.2, -0.15) is 0 Å². The van der Waals surface area contributed by atoms with E-state index in [1.54, 1.807) is 0 Å². The van der Waals surface area contributed by atoms with Gasteiger partial charge in [0.2, 0.25) is 0 Å². The van der Waals surface area contributed by atoms with Crippen molar-refractivity contribution in [3.8, 4) is 0 Å². The Morgan fingerprint density at radius 1 is 1.14 bits per heavy atom. The van der Waals surface area contributed by atoms with Gasteiger partial charge in [-0.15, -0.1) is 17.9 Å². The lowest BCUT2D eigenvalue weighted by Gasteiger charge is -2.10. The first-order valence-electron chi connectivity index (χ1n) is 7.65. The topological polar surface area (TPSA) is 26.0 Å². The van der Waals surface area contributed by atoms with Gasteiger partial charge in [-0.25, -0.2) is 0 Å². The summed E-state index contributed by atoms with van der Waals surface area (Å²) in [6.45, 7) is 6.04. The van der Waals surface area contributed by atoms with Gasteiger partial charge in [0.25, 0.3) is 0 Å². The first kappa shape index (κ1) is 14.9. The molecule has 3 aromatic rings. The second kappa shape index (κ2) is 6.37. The fraction of sp³-hybridized carbons (Fsp3) is 0.200. The van der Waals surface area contributed by atoms with Gasteiger partial charge in [0.15, 0.2) is 0 Å². The predicted octanol–water partition coefficient (Wildman–Crippen LogP) is 5.95. The monoisotopic (exact) mass is 307 g/mol. The van der Waals surface area contributed by atoms with Crippen LogP contribution in [0.2, 0.25) is 0 Å². The molecular formula is C20H21NS. The Morgan fingerprint density at radius 3 is 2.59 bits per heavy atom. The Morgan fingerprint density at radius 2 is 1.86 bits per heavy atom. The average molecular weight is 307 g/mol. The summed E-state index contributed by atoms with van der Waals surface area (Å²) >= 11 is 1.83. The number of allylic oxidation sites excluding steroid dienone is 3. The highest BCUT2D eigenvalue weighted by Crippen LogP contribution is 2.35. The van der Waals surface area contributed by atoms with Crippen LogP contribution in [0.15, 0.2) is 61.2 Å². The lowest BCUT2D eigenvalue weighted by molar-refractivity contribution is 0.661. The summed E-state index contributed by atoms with van der Waals surface area (Å²) in [5.74, 6) is 0.489. The van der Waals surface area contributed by atoms with Crippen molar-refractivity contribution in [1.82, 2.24) is 0 Å². The second-order valence-electron chi connectivity index (χ2n) is 5.69. The number of nitrogen functional groups attached to an aromatic ring is 1. The van der Waals surface area contributed by atoms with Crippen LogP contribution in [0.3, 0.4) is 0 Å². The van der Waals surface area contributed by atoms with E-state index < -0.39 is 0 Å². The lowest BCUT2D eigenvalue weighted by Crippen LogP contribution is -1.99. The smallest absolute Gasteiger partial charge is 0.0356 e. The molecule has 1 nitrogen and oxygen atoms in total. The normalized spacial score (nSPS) is 13.1. The van der Waals surface area contributed by atoms with E-state index in [4.69, 9.17) is 5.73 Å². The predicted molar refractivity (Wildman–Crippen MR) is 101 cm³/mol. The quantitative estimate of drug-likeness (QED) is 0.457. The van der Waals surface area contributed by atoms with Gasteiger partial charge in [-0.3, -0.25) is 0 Å². The molecule has 0 fully saturated rings. The van der Waals surface area contributed by atoms with Crippen LogP contribution in [0.25, 0.3) is 20.2 Å². The molecule has 0 amide bonds. The first-order valence-corrected chi connectivity index (χ1v) is 8.47. The molecule has 0 saturated carbocycles. The van der Waals surface area contributed by atoms with Crippen LogP contribution in [0, 0.1) is 5.92 Å². The third-order valence-electron chi connectivity index (χ3n) is 4.06. The van der Waals surface area contributed by atoms with Crippen LogP contribution in [0.5, 0.6) is 0 Å². The Balaban J connectivity index is 1.99. The van der Waals surface area contributed by atoms with Crippen molar-refractivity contribution in [2.24, 2.45) is 5.92 Å². The maximum Gasteiger partial charge on any atom is 0.0356 e. The molecule has 0 saturated heterocycles. The van der Waals surface area contributed by atoms with Crippen molar-refractivity contribution in [2.75, 3.05) is 5.73 Å². The highest BCUT2D eigenvalue weighted by atomic mass is 32.1. The number of fused-ring (bicyclic) bond motifs is 3. The van der Waals surface area contributed by atoms with Crippen LogP contribution >= 0.6 is 11.3 Å². The Bertz CT molecular complexity index is 841. The molecular weight excluding hydrogens is 286 g/mol. The van der Waals surface area contributed by atoms with Gasteiger partial charge in [-0.05, 0) is 61.6 Å². The zero-order chi connectivity index (χ0) is 15.5. The molecule has 0 aliphatic heterocycles. The molecule has 0 bridgehead atoms. The molecule has 112 valence electrons. The zero-order valence-electron chi connectivity index (χ0n) is 12.9. The maximum atomic E-state index is 5.95. The first-order chi connectivity index (χ1) is 10.7. The summed E-state index contributed by atoms with van der Waals surface area (Å²) in [5, 5.41) is 2.59. The number of hydrogen-bond donors (Lipinski definition) is 1. The highest BCUT2D eigenvalue weighted by Gasteiger charge is 2.09. The van der Waals surface area contributed by atoms with Gasteiger partial charge in [0.05, 0.1) is 0 Å². The third-order valence-corrected chi connectivity index (χ3v) is 5.22. The minimum atomic E-state index is 0.489. The molecule has 2 heteroatoms. The van der Waals surface area contributed by atoms with Gasteiger partial charge < -0.3 is 5.73 Å². The SMILES string of the molecule is C=CC(C/C=C\C)Cc1ccc2sc3ccc(N)cc3c2c1. The fourth-order valence-corrected chi connectivity index (χ4v) is 3.91. The van der Waals surface area contributed by atoms with Crippen molar-refractivity contribution in [1.29, 1.82) is 0 Å². The van der Waals surface area contributed by atoms with Crippen molar-refractivity contribution in [3.05, 3.63) is 66.8 Å². The van der Waals surface area contributed by atoms with Crippen LogP contribution in [-0.4, -0.2) is 0 Å². The standard InChI is InChI=1S/C20H21NS/c1-3-5-6-14(4-2)11-15-7-9-19-17(12-15)18-13-16(21)8-10-20(18)22-19/h3-5,7-10,12-14H,2,6,11,21H2,1H3/b5-3-. The molecule has 3 rings (SSSR count). The van der Waals surface area contributed by atoms with E-state index >= 15 is 0 Å². The number of thiophene rings is 1. The molecule has 1 heterocycles. The van der Waals surface area contributed by atoms with E-state index in [2.05, 4.69) is 62.1 Å². The van der Waals surface area contributed by atoms with Crippen LogP contribution in [0.1, 0.15) is 18.9 Å². The van der Waals surface area contributed by atoms with E-state index in [-0.39, 0.29) is 0 Å². The second-order valence-corrected chi connectivity index (χ2v) is 6.78. The zero-order valence-corrected chi connectivity index (χ0v) is 13.7. The molecule has 22 heavy (non-hydrogen) atoms. The molecule has 1 unspecified atom stereocenters. The Kier molecular flexibility index (Phi) is 4.30. The molecule has 0 aliphatic rings. The summed E-state index contributed by atoms with van der Waals surface area (Å²) in [6.07, 6.45) is 8.47. The van der Waals surface area contributed by atoms with Gasteiger partial charge >= 0.3 is 0 Å². The number of hydrogen-bond acceptors (Lipinski definition) is 2. The summed E-state index contributed by atoms with van der Waals surface area (Å²) < 4.78 is 2.63. The Labute approximate surface area is 135 Å². The van der Waals surface area contributed by atoms with Crippen LogP contribution in [-0.2, 0) is 6.42 Å². The largest absolute Gasteiger partial charge is 0.399 e. The van der Waals surface area contributed by atoms with E-state index in [9.17, 15) is 0 Å². The van der Waals surface area contributed by atoms with Crippen molar-refractivity contribution in [3.63, 3.8) is 0 Å². The average Bonchev–Trinajstić information content (AvgIpc) is 2.88. The number of nitrogens with two attached hydrogens (primary N) is 1. The number of rotatable bonds is 5. The van der Waals surface area contributed by atoms with Crippen molar-refractivity contribution in [2.45, 2.75) is 19.8 Å². The van der Waals surface area contributed by atoms with E-state index in [1.165, 1.54) is 25.7 Å². The van der Waals surface area contributed by atoms with E-state index in [1.807, 2.05) is 17.4 Å². The summed E-state index contributed by atoms with van der Waals surface area (Å²) in [4.78, 5) is 0. The molecule has 2 N–H and O–H groups in total. The van der Waals surface area contributed by atoms with Crippen molar-refractivity contribution < 1.29 is 0 Å². The fourth-order valence-electron chi connectivity index (χ4n) is 2.85. The number of anilines is 1.